The largest absolute Gasteiger partial charge is 0.480 e. The molecule has 6 heteroatoms. The summed E-state index contributed by atoms with van der Waals surface area (Å²) < 4.78 is 0. The van der Waals surface area contributed by atoms with Gasteiger partial charge in [0.05, 0.1) is 0 Å². The number of carbonyl (C=O) groups is 2. The predicted octanol–water partition coefficient (Wildman–Crippen LogP) is 1.86. The topological polar surface area (TPSA) is 73.7 Å². The molecule has 1 aromatic carbocycles. The highest BCUT2D eigenvalue weighted by Crippen LogP contribution is 2.26. The van der Waals surface area contributed by atoms with Gasteiger partial charge in [0.2, 0.25) is 0 Å². The number of ketones is 1. The molecule has 0 radical (unpaired) electrons. The van der Waals surface area contributed by atoms with Crippen molar-refractivity contribution in [2.24, 2.45) is 0 Å². The van der Waals surface area contributed by atoms with Crippen LogP contribution in [-0.4, -0.2) is 58.5 Å². The van der Waals surface area contributed by atoms with Crippen LogP contribution in [0.3, 0.4) is 0 Å². The first-order chi connectivity index (χ1) is 12.5. The second kappa shape index (κ2) is 7.66. The van der Waals surface area contributed by atoms with Crippen LogP contribution < -0.4 is 4.90 Å². The van der Waals surface area contributed by atoms with E-state index in [-0.39, 0.29) is 12.2 Å². The second-order valence-corrected chi connectivity index (χ2v) is 6.56. The number of hydrogen-bond donors (Lipinski definition) is 1. The molecule has 1 aromatic heterocycles. The Hall–Kier alpha value is -2.73. The van der Waals surface area contributed by atoms with Crippen molar-refractivity contribution in [1.82, 2.24) is 9.88 Å². The van der Waals surface area contributed by atoms with Gasteiger partial charge >= 0.3 is 5.97 Å². The third-order valence-corrected chi connectivity index (χ3v) is 5.09. The molecule has 1 aliphatic heterocycles. The van der Waals surface area contributed by atoms with E-state index in [1.807, 2.05) is 47.4 Å². The van der Waals surface area contributed by atoms with Crippen LogP contribution >= 0.6 is 0 Å². The summed E-state index contributed by atoms with van der Waals surface area (Å²) in [6.07, 6.45) is 3.66. The zero-order valence-electron chi connectivity index (χ0n) is 14.8. The third-order valence-electron chi connectivity index (χ3n) is 5.09. The number of carboxylic acid groups (broad SMARTS) is 1. The first kappa shape index (κ1) is 18.1. The van der Waals surface area contributed by atoms with E-state index in [4.69, 9.17) is 0 Å². The Morgan fingerprint density at radius 1 is 1.04 bits per heavy atom. The number of Topliss-reactive ketones (excluding diaryl/α,β-unsaturated/α-hetero) is 1. The van der Waals surface area contributed by atoms with Gasteiger partial charge in [-0.3, -0.25) is 14.7 Å². The molecule has 1 N–H and O–H groups in total. The number of piperazine rings is 1. The molecule has 26 heavy (non-hydrogen) atoms. The Morgan fingerprint density at radius 2 is 1.65 bits per heavy atom. The molecule has 1 saturated heterocycles. The normalized spacial score (nSPS) is 17.5. The van der Waals surface area contributed by atoms with Gasteiger partial charge in [-0.1, -0.05) is 30.3 Å². The molecule has 0 saturated carbocycles. The average molecular weight is 353 g/mol. The lowest BCUT2D eigenvalue weighted by Gasteiger charge is -2.44. The maximum Gasteiger partial charge on any atom is 0.332 e. The quantitative estimate of drug-likeness (QED) is 0.799. The van der Waals surface area contributed by atoms with Gasteiger partial charge in [-0.15, -0.1) is 0 Å². The van der Waals surface area contributed by atoms with E-state index in [2.05, 4.69) is 9.88 Å². The maximum atomic E-state index is 12.5. The summed E-state index contributed by atoms with van der Waals surface area (Å²) in [7, 11) is 0. The number of aromatic nitrogens is 1. The second-order valence-electron chi connectivity index (χ2n) is 6.56. The van der Waals surface area contributed by atoms with Crippen LogP contribution in [-0.2, 0) is 16.0 Å². The van der Waals surface area contributed by atoms with Crippen molar-refractivity contribution in [3.8, 4) is 0 Å². The molecule has 3 rings (SSSR count). The van der Waals surface area contributed by atoms with Crippen molar-refractivity contribution < 1.29 is 14.7 Å². The average Bonchev–Trinajstić information content (AvgIpc) is 2.67. The number of aliphatic carboxylic acids is 1. The van der Waals surface area contributed by atoms with E-state index in [1.165, 1.54) is 6.92 Å². The lowest BCUT2D eigenvalue weighted by atomic mass is 9.84. The Kier molecular flexibility index (Phi) is 5.32. The molecular formula is C20H23N3O3. The molecule has 0 amide bonds. The van der Waals surface area contributed by atoms with Crippen molar-refractivity contribution in [1.29, 1.82) is 0 Å². The molecule has 1 unspecified atom stereocenters. The van der Waals surface area contributed by atoms with Gasteiger partial charge < -0.3 is 10.0 Å². The first-order valence-corrected chi connectivity index (χ1v) is 8.72. The molecule has 2 heterocycles. The summed E-state index contributed by atoms with van der Waals surface area (Å²) in [4.78, 5) is 32.8. The standard InChI is InChI=1S/C20H23N3O3/c1-16(24)20(19(25)26,15-17-5-3-2-4-6-17)23-13-11-22(12-14-23)18-7-9-21-10-8-18/h2-10H,11-15H2,1H3,(H,25,26). The number of pyridine rings is 1. The predicted molar refractivity (Wildman–Crippen MR) is 99.2 cm³/mol. The molecule has 1 aliphatic rings. The van der Waals surface area contributed by atoms with Crippen LogP contribution in [0.4, 0.5) is 5.69 Å². The van der Waals surface area contributed by atoms with Crippen molar-refractivity contribution in [3.05, 3.63) is 60.4 Å². The highest BCUT2D eigenvalue weighted by atomic mass is 16.4. The molecule has 1 atom stereocenters. The minimum atomic E-state index is -1.52. The minimum Gasteiger partial charge on any atom is -0.480 e. The molecule has 2 aromatic rings. The van der Waals surface area contributed by atoms with Gasteiger partial charge in [-0.25, -0.2) is 4.79 Å². The highest BCUT2D eigenvalue weighted by Gasteiger charge is 2.49. The minimum absolute atomic E-state index is 0.174. The number of hydrogen-bond acceptors (Lipinski definition) is 5. The summed E-state index contributed by atoms with van der Waals surface area (Å²) in [6.45, 7) is 3.75. The SMILES string of the molecule is CC(=O)C(Cc1ccccc1)(C(=O)O)N1CCN(c2ccncc2)CC1. The maximum absolute atomic E-state index is 12.5. The Balaban J connectivity index is 1.82. The summed E-state index contributed by atoms with van der Waals surface area (Å²) >= 11 is 0. The Bertz CT molecular complexity index is 742. The van der Waals surface area contributed by atoms with E-state index in [1.54, 1.807) is 12.4 Å². The number of nitrogens with zero attached hydrogens (tertiary/aromatic N) is 3. The van der Waals surface area contributed by atoms with Crippen molar-refractivity contribution in [3.63, 3.8) is 0 Å². The number of benzene rings is 1. The molecular weight excluding hydrogens is 330 g/mol. The number of rotatable bonds is 6. The Labute approximate surface area is 153 Å². The zero-order chi connectivity index (χ0) is 18.6. The van der Waals surface area contributed by atoms with E-state index in [0.717, 1.165) is 11.3 Å². The molecule has 6 nitrogen and oxygen atoms in total. The van der Waals surface area contributed by atoms with Gasteiger partial charge in [0, 0.05) is 50.7 Å². The molecule has 0 bridgehead atoms. The van der Waals surface area contributed by atoms with E-state index < -0.39 is 11.5 Å². The van der Waals surface area contributed by atoms with Gasteiger partial charge in [0.15, 0.2) is 11.3 Å². The lowest BCUT2D eigenvalue weighted by molar-refractivity contribution is -0.157. The van der Waals surface area contributed by atoms with Crippen LogP contribution in [0.25, 0.3) is 0 Å². The smallest absolute Gasteiger partial charge is 0.332 e. The van der Waals surface area contributed by atoms with E-state index in [9.17, 15) is 14.7 Å². The number of anilines is 1. The summed E-state index contributed by atoms with van der Waals surface area (Å²) in [6, 6.07) is 13.2. The van der Waals surface area contributed by atoms with E-state index in [0.29, 0.717) is 26.2 Å². The van der Waals surface area contributed by atoms with Gasteiger partial charge in [-0.05, 0) is 24.6 Å². The van der Waals surface area contributed by atoms with Crippen molar-refractivity contribution >= 4 is 17.4 Å². The van der Waals surface area contributed by atoms with Crippen LogP contribution in [0.1, 0.15) is 12.5 Å². The fourth-order valence-electron chi connectivity index (χ4n) is 3.61. The summed E-state index contributed by atoms with van der Waals surface area (Å²) in [5.41, 5.74) is 0.388. The van der Waals surface area contributed by atoms with Crippen LogP contribution in [0.5, 0.6) is 0 Å². The van der Waals surface area contributed by atoms with Gasteiger partial charge in [0.25, 0.3) is 0 Å². The van der Waals surface area contributed by atoms with Crippen molar-refractivity contribution in [2.45, 2.75) is 18.9 Å². The fourth-order valence-corrected chi connectivity index (χ4v) is 3.61. The summed E-state index contributed by atoms with van der Waals surface area (Å²) in [5.74, 6) is -1.41. The Morgan fingerprint density at radius 3 is 2.19 bits per heavy atom. The highest BCUT2D eigenvalue weighted by molar-refractivity contribution is 6.07. The van der Waals surface area contributed by atoms with Gasteiger partial charge in [-0.2, -0.15) is 0 Å². The van der Waals surface area contributed by atoms with Crippen LogP contribution in [0, 0.1) is 0 Å². The molecule has 1 fully saturated rings. The fraction of sp³-hybridized carbons (Fsp3) is 0.350. The van der Waals surface area contributed by atoms with Crippen LogP contribution in [0.2, 0.25) is 0 Å². The molecule has 0 aliphatic carbocycles. The van der Waals surface area contributed by atoms with E-state index >= 15 is 0 Å². The first-order valence-electron chi connectivity index (χ1n) is 8.72. The van der Waals surface area contributed by atoms with Crippen LogP contribution in [0.15, 0.2) is 54.9 Å². The third kappa shape index (κ3) is 3.46. The van der Waals surface area contributed by atoms with Crippen molar-refractivity contribution in [2.75, 3.05) is 31.1 Å². The lowest BCUT2D eigenvalue weighted by Crippen LogP contribution is -2.65. The van der Waals surface area contributed by atoms with Gasteiger partial charge in [0.1, 0.15) is 0 Å². The molecule has 0 spiro atoms. The summed E-state index contributed by atoms with van der Waals surface area (Å²) in [5, 5.41) is 10.0. The molecule has 136 valence electrons. The zero-order valence-corrected chi connectivity index (χ0v) is 14.8. The monoisotopic (exact) mass is 353 g/mol. The number of carboxylic acids is 1. The number of carbonyl (C=O) groups excluding carboxylic acids is 1.